The van der Waals surface area contributed by atoms with Gasteiger partial charge in [0.05, 0.1) is 19.3 Å². The first-order valence-electron chi connectivity index (χ1n) is 8.57. The zero-order valence-electron chi connectivity index (χ0n) is 14.7. The second-order valence-electron chi connectivity index (χ2n) is 6.35. The molecule has 1 aliphatic rings. The van der Waals surface area contributed by atoms with Gasteiger partial charge in [-0.15, -0.1) is 11.3 Å². The first-order valence-corrected chi connectivity index (χ1v) is 9.45. The minimum Gasteiger partial charge on any atom is -0.497 e. The van der Waals surface area contributed by atoms with Crippen LogP contribution in [0.2, 0.25) is 0 Å². The Morgan fingerprint density at radius 2 is 2.15 bits per heavy atom. The number of fused-ring (bicyclic) bond motifs is 1. The van der Waals surface area contributed by atoms with Crippen LogP contribution in [-0.4, -0.2) is 27.8 Å². The van der Waals surface area contributed by atoms with Crippen LogP contribution in [0.15, 0.2) is 35.8 Å². The van der Waals surface area contributed by atoms with Crippen molar-refractivity contribution in [2.24, 2.45) is 7.05 Å². The van der Waals surface area contributed by atoms with E-state index in [2.05, 4.69) is 15.4 Å². The summed E-state index contributed by atoms with van der Waals surface area (Å²) in [6, 6.07) is 7.68. The van der Waals surface area contributed by atoms with Crippen LogP contribution in [0.5, 0.6) is 5.75 Å². The summed E-state index contributed by atoms with van der Waals surface area (Å²) in [5, 5.41) is 10.1. The first-order chi connectivity index (χ1) is 12.7. The number of ether oxygens (including phenoxy) is 1. The minimum atomic E-state index is -0.136. The number of hydrogen-bond donors (Lipinski definition) is 1. The SMILES string of the molecule is COc1ccc(-c2nc(C(=O)NC3CCCc4c3cnn4C)cs2)cc1. The molecule has 0 saturated carbocycles. The number of benzene rings is 1. The number of carbonyl (C=O) groups is 1. The van der Waals surface area contributed by atoms with Crippen molar-refractivity contribution in [3.8, 4) is 16.3 Å². The van der Waals surface area contributed by atoms with Crippen LogP contribution in [0.3, 0.4) is 0 Å². The van der Waals surface area contributed by atoms with Crippen molar-refractivity contribution < 1.29 is 9.53 Å². The van der Waals surface area contributed by atoms with Gasteiger partial charge in [0.2, 0.25) is 0 Å². The largest absolute Gasteiger partial charge is 0.497 e. The summed E-state index contributed by atoms with van der Waals surface area (Å²) in [7, 11) is 3.59. The maximum Gasteiger partial charge on any atom is 0.271 e. The molecule has 26 heavy (non-hydrogen) atoms. The Balaban J connectivity index is 1.50. The molecule has 2 aromatic heterocycles. The van der Waals surface area contributed by atoms with E-state index in [0.717, 1.165) is 41.1 Å². The molecule has 0 saturated heterocycles. The minimum absolute atomic E-state index is 0.00564. The molecule has 1 aliphatic carbocycles. The average Bonchev–Trinajstić information content (AvgIpc) is 3.30. The molecule has 1 aromatic carbocycles. The van der Waals surface area contributed by atoms with Gasteiger partial charge in [0.15, 0.2) is 0 Å². The highest BCUT2D eigenvalue weighted by molar-refractivity contribution is 7.13. The van der Waals surface area contributed by atoms with Crippen LogP contribution in [-0.2, 0) is 13.5 Å². The zero-order valence-corrected chi connectivity index (χ0v) is 15.5. The molecule has 3 aromatic rings. The van der Waals surface area contributed by atoms with Crippen LogP contribution < -0.4 is 10.1 Å². The van der Waals surface area contributed by atoms with Gasteiger partial charge < -0.3 is 10.1 Å². The van der Waals surface area contributed by atoms with Gasteiger partial charge in [-0.2, -0.15) is 5.10 Å². The van der Waals surface area contributed by atoms with Gasteiger partial charge in [-0.05, 0) is 43.5 Å². The molecule has 4 rings (SSSR count). The normalized spacial score (nSPS) is 16.2. The van der Waals surface area contributed by atoms with Crippen molar-refractivity contribution in [2.45, 2.75) is 25.3 Å². The second kappa shape index (κ2) is 6.92. The summed E-state index contributed by atoms with van der Waals surface area (Å²) in [5.41, 5.74) is 3.76. The highest BCUT2D eigenvalue weighted by Crippen LogP contribution is 2.30. The van der Waals surface area contributed by atoms with Crippen LogP contribution in [0.25, 0.3) is 10.6 Å². The molecule has 6 nitrogen and oxygen atoms in total. The van der Waals surface area contributed by atoms with Gasteiger partial charge in [-0.3, -0.25) is 9.48 Å². The summed E-state index contributed by atoms with van der Waals surface area (Å²) in [5.74, 6) is 0.663. The lowest BCUT2D eigenvalue weighted by Crippen LogP contribution is -2.31. The van der Waals surface area contributed by atoms with E-state index < -0.39 is 0 Å². The van der Waals surface area contributed by atoms with E-state index in [0.29, 0.717) is 5.69 Å². The van der Waals surface area contributed by atoms with E-state index in [1.807, 2.05) is 47.6 Å². The highest BCUT2D eigenvalue weighted by Gasteiger charge is 2.25. The number of nitrogens with one attached hydrogen (secondary N) is 1. The van der Waals surface area contributed by atoms with E-state index in [-0.39, 0.29) is 11.9 Å². The lowest BCUT2D eigenvalue weighted by Gasteiger charge is -2.23. The Kier molecular flexibility index (Phi) is 4.46. The van der Waals surface area contributed by atoms with Gasteiger partial charge in [0.25, 0.3) is 5.91 Å². The smallest absolute Gasteiger partial charge is 0.271 e. The van der Waals surface area contributed by atoms with Crippen LogP contribution in [0, 0.1) is 0 Å². The van der Waals surface area contributed by atoms with Crippen molar-refractivity contribution in [1.29, 1.82) is 0 Å². The fourth-order valence-electron chi connectivity index (χ4n) is 3.33. The summed E-state index contributed by atoms with van der Waals surface area (Å²) < 4.78 is 7.08. The molecule has 2 heterocycles. The molecule has 1 amide bonds. The Morgan fingerprint density at radius 1 is 1.35 bits per heavy atom. The molecule has 0 aliphatic heterocycles. The van der Waals surface area contributed by atoms with E-state index in [1.165, 1.54) is 17.0 Å². The Labute approximate surface area is 155 Å². The summed E-state index contributed by atoms with van der Waals surface area (Å²) >= 11 is 1.47. The van der Waals surface area contributed by atoms with E-state index in [4.69, 9.17) is 4.74 Å². The third-order valence-corrected chi connectivity index (χ3v) is 5.65. The van der Waals surface area contributed by atoms with Gasteiger partial charge >= 0.3 is 0 Å². The maximum atomic E-state index is 12.7. The third-order valence-electron chi connectivity index (χ3n) is 4.75. The monoisotopic (exact) mass is 368 g/mol. The number of rotatable bonds is 4. The van der Waals surface area contributed by atoms with Crippen LogP contribution >= 0.6 is 11.3 Å². The molecule has 0 fully saturated rings. The summed E-state index contributed by atoms with van der Waals surface area (Å²) in [4.78, 5) is 17.2. The van der Waals surface area contributed by atoms with Crippen LogP contribution in [0.1, 0.15) is 40.6 Å². The number of methoxy groups -OCH3 is 1. The van der Waals surface area contributed by atoms with Crippen molar-refractivity contribution in [3.05, 3.63) is 52.8 Å². The number of amides is 1. The number of aryl methyl sites for hydroxylation is 1. The molecule has 1 atom stereocenters. The molecular weight excluding hydrogens is 348 g/mol. The fraction of sp³-hybridized carbons (Fsp3) is 0.316. The number of aromatic nitrogens is 3. The predicted molar refractivity (Wildman–Crippen MR) is 100 cm³/mol. The molecule has 1 N–H and O–H groups in total. The lowest BCUT2D eigenvalue weighted by atomic mass is 9.93. The van der Waals surface area contributed by atoms with Gasteiger partial charge in [0.1, 0.15) is 16.5 Å². The van der Waals surface area contributed by atoms with E-state index >= 15 is 0 Å². The molecule has 0 radical (unpaired) electrons. The lowest BCUT2D eigenvalue weighted by molar-refractivity contribution is 0.0928. The fourth-order valence-corrected chi connectivity index (χ4v) is 4.14. The number of nitrogens with zero attached hydrogens (tertiary/aromatic N) is 3. The third kappa shape index (κ3) is 3.10. The Morgan fingerprint density at radius 3 is 2.92 bits per heavy atom. The number of carbonyl (C=O) groups excluding carboxylic acids is 1. The van der Waals surface area contributed by atoms with E-state index in [9.17, 15) is 4.79 Å². The molecular formula is C19H20N4O2S. The standard InChI is InChI=1S/C19H20N4O2S/c1-23-17-5-3-4-15(14(17)10-20-23)21-18(24)16-11-26-19(22-16)12-6-8-13(25-2)9-7-12/h6-11,15H,3-5H2,1-2H3,(H,21,24). The van der Waals surface area contributed by atoms with Gasteiger partial charge in [0, 0.05) is 29.2 Å². The quantitative estimate of drug-likeness (QED) is 0.767. The molecule has 7 heteroatoms. The topological polar surface area (TPSA) is 69.0 Å². The van der Waals surface area contributed by atoms with Gasteiger partial charge in [-0.1, -0.05) is 0 Å². The maximum absolute atomic E-state index is 12.7. The van der Waals surface area contributed by atoms with Crippen LogP contribution in [0.4, 0.5) is 0 Å². The zero-order chi connectivity index (χ0) is 18.1. The second-order valence-corrected chi connectivity index (χ2v) is 7.21. The predicted octanol–water partition coefficient (Wildman–Crippen LogP) is 3.36. The Bertz CT molecular complexity index is 929. The molecule has 134 valence electrons. The average molecular weight is 368 g/mol. The molecule has 0 bridgehead atoms. The summed E-state index contributed by atoms with van der Waals surface area (Å²) in [6.07, 6.45) is 4.85. The molecule has 0 spiro atoms. The highest BCUT2D eigenvalue weighted by atomic mass is 32.1. The van der Waals surface area contributed by atoms with Crippen molar-refractivity contribution in [1.82, 2.24) is 20.1 Å². The van der Waals surface area contributed by atoms with Crippen molar-refractivity contribution >= 4 is 17.2 Å². The first kappa shape index (κ1) is 16.8. The van der Waals surface area contributed by atoms with Gasteiger partial charge in [-0.25, -0.2) is 4.98 Å². The molecule has 1 unspecified atom stereocenters. The van der Waals surface area contributed by atoms with Crippen molar-refractivity contribution in [3.63, 3.8) is 0 Å². The van der Waals surface area contributed by atoms with E-state index in [1.54, 1.807) is 7.11 Å². The Hall–Kier alpha value is -2.67. The summed E-state index contributed by atoms with van der Waals surface area (Å²) in [6.45, 7) is 0. The number of thiazole rings is 1. The number of hydrogen-bond acceptors (Lipinski definition) is 5. The van der Waals surface area contributed by atoms with Crippen molar-refractivity contribution in [2.75, 3.05) is 7.11 Å².